The number of fused-ring (bicyclic) bond motifs is 1. The van der Waals surface area contributed by atoms with Gasteiger partial charge in [-0.3, -0.25) is 4.79 Å². The number of morpholine rings is 1. The zero-order chi connectivity index (χ0) is 27.9. The average Bonchev–Trinajstić information content (AvgIpc) is 3.53. The third-order valence-corrected chi connectivity index (χ3v) is 9.88. The molecule has 3 N–H and O–H groups in total. The molecule has 40 heavy (non-hydrogen) atoms. The van der Waals surface area contributed by atoms with Crippen LogP contribution in [0.25, 0.3) is 11.0 Å². The van der Waals surface area contributed by atoms with Crippen LogP contribution >= 0.6 is 0 Å². The van der Waals surface area contributed by atoms with Gasteiger partial charge in [-0.05, 0) is 74.4 Å². The first kappa shape index (κ1) is 27.1. The van der Waals surface area contributed by atoms with Gasteiger partial charge in [0, 0.05) is 43.8 Å². The second kappa shape index (κ2) is 10.7. The molecule has 0 radical (unpaired) electrons. The van der Waals surface area contributed by atoms with Gasteiger partial charge in [0.15, 0.2) is 5.58 Å². The van der Waals surface area contributed by atoms with Gasteiger partial charge in [-0.2, -0.15) is 0 Å². The second-order valence-electron chi connectivity index (χ2n) is 11.2. The van der Waals surface area contributed by atoms with Crippen LogP contribution in [0.15, 0.2) is 52.0 Å². The Bertz CT molecular complexity index is 1510. The van der Waals surface area contributed by atoms with Crippen molar-refractivity contribution >= 4 is 44.0 Å². The van der Waals surface area contributed by atoms with Gasteiger partial charge in [-0.15, -0.1) is 0 Å². The molecule has 0 unspecified atom stereocenters. The number of aliphatic hydroxyl groups is 1. The molecule has 3 fully saturated rings. The molecular weight excluding hydrogens is 532 g/mol. The van der Waals surface area contributed by atoms with Gasteiger partial charge in [-0.25, -0.2) is 13.1 Å². The first-order valence-electron chi connectivity index (χ1n) is 14.0. The summed E-state index contributed by atoms with van der Waals surface area (Å²) in [4.78, 5) is 18.2. The number of aliphatic hydroxyl groups excluding tert-OH is 1. The van der Waals surface area contributed by atoms with Gasteiger partial charge in [0.2, 0.25) is 10.0 Å². The molecule has 6 rings (SSSR count). The Morgan fingerprint density at radius 3 is 2.58 bits per heavy atom. The van der Waals surface area contributed by atoms with Gasteiger partial charge in [-0.1, -0.05) is 0 Å². The highest BCUT2D eigenvalue weighted by Gasteiger charge is 2.44. The fourth-order valence-electron chi connectivity index (χ4n) is 5.90. The molecule has 1 aromatic heterocycles. The molecule has 10 nitrogen and oxygen atoms in total. The van der Waals surface area contributed by atoms with Crippen molar-refractivity contribution in [2.75, 3.05) is 61.1 Å². The van der Waals surface area contributed by atoms with Crippen molar-refractivity contribution in [3.8, 4) is 0 Å². The standard InChI is InChI=1S/C29H36N4O6S/c1-20-19-33(12-15-38-20)26-17-22(16-21-4-14-39-27(21)26)31-28(35)24-3-2-23(40(36,37)30-9-13-34)18-25(24)32-10-7-29(5-6-29)8-11-32/h2-4,14,16-18,20,30,34H,5-13,15,19H2,1H3,(H,31,35)/t20-/m1/s1. The van der Waals surface area contributed by atoms with E-state index in [2.05, 4.69) is 19.8 Å². The molecule has 214 valence electrons. The minimum Gasteiger partial charge on any atom is -0.462 e. The summed E-state index contributed by atoms with van der Waals surface area (Å²) in [6.07, 6.45) is 6.29. The minimum atomic E-state index is -3.83. The molecule has 3 aliphatic rings. The van der Waals surface area contributed by atoms with Gasteiger partial charge in [0.1, 0.15) is 0 Å². The fourth-order valence-corrected chi connectivity index (χ4v) is 6.94. The summed E-state index contributed by atoms with van der Waals surface area (Å²) in [6.45, 7) is 5.26. The Morgan fingerprint density at radius 2 is 1.85 bits per heavy atom. The maximum atomic E-state index is 13.8. The fraction of sp³-hybridized carbons (Fsp3) is 0.483. The summed E-state index contributed by atoms with van der Waals surface area (Å²) in [5.41, 5.74) is 3.75. The molecule has 2 aliphatic heterocycles. The Kier molecular flexibility index (Phi) is 7.24. The third kappa shape index (κ3) is 5.43. The zero-order valence-electron chi connectivity index (χ0n) is 22.7. The summed E-state index contributed by atoms with van der Waals surface area (Å²) in [6, 6.07) is 10.3. The minimum absolute atomic E-state index is 0.0720. The van der Waals surface area contributed by atoms with E-state index in [4.69, 9.17) is 14.3 Å². The number of hydrogen-bond acceptors (Lipinski definition) is 8. The van der Waals surface area contributed by atoms with Gasteiger partial charge in [0.25, 0.3) is 5.91 Å². The number of benzene rings is 2. The number of piperidine rings is 1. The molecule has 2 saturated heterocycles. The highest BCUT2D eigenvalue weighted by Crippen LogP contribution is 2.54. The number of nitrogens with zero attached hydrogens (tertiary/aromatic N) is 2. The Hall–Kier alpha value is -3.12. The van der Waals surface area contributed by atoms with Crippen LogP contribution in [0, 0.1) is 5.41 Å². The number of hydrogen-bond donors (Lipinski definition) is 3. The summed E-state index contributed by atoms with van der Waals surface area (Å²) in [5, 5.41) is 13.1. The van der Waals surface area contributed by atoms with Crippen molar-refractivity contribution in [2.45, 2.75) is 43.6 Å². The Balaban J connectivity index is 1.32. The summed E-state index contributed by atoms with van der Waals surface area (Å²) < 4.78 is 39.6. The highest BCUT2D eigenvalue weighted by atomic mass is 32.2. The zero-order valence-corrected chi connectivity index (χ0v) is 23.5. The van der Waals surface area contributed by atoms with Crippen molar-refractivity contribution in [1.82, 2.24) is 4.72 Å². The van der Waals surface area contributed by atoms with E-state index >= 15 is 0 Å². The summed E-state index contributed by atoms with van der Waals surface area (Å²) in [7, 11) is -3.83. The van der Waals surface area contributed by atoms with E-state index in [9.17, 15) is 13.2 Å². The summed E-state index contributed by atoms with van der Waals surface area (Å²) >= 11 is 0. The van der Waals surface area contributed by atoms with Crippen molar-refractivity contribution in [1.29, 1.82) is 0 Å². The van der Waals surface area contributed by atoms with E-state index in [0.29, 0.717) is 35.5 Å². The van der Waals surface area contributed by atoms with Crippen LogP contribution in [-0.4, -0.2) is 71.5 Å². The molecule has 1 atom stereocenters. The lowest BCUT2D eigenvalue weighted by molar-refractivity contribution is 0.0532. The number of ether oxygens (including phenoxy) is 1. The lowest BCUT2D eigenvalue weighted by atomic mass is 9.93. The average molecular weight is 569 g/mol. The lowest BCUT2D eigenvalue weighted by Gasteiger charge is -2.35. The van der Waals surface area contributed by atoms with Gasteiger partial charge in [0.05, 0.1) is 47.4 Å². The van der Waals surface area contributed by atoms with Crippen molar-refractivity contribution < 1.29 is 27.5 Å². The molecule has 1 spiro atoms. The number of rotatable bonds is 8. The van der Waals surface area contributed by atoms with E-state index < -0.39 is 10.0 Å². The number of amides is 1. The third-order valence-electron chi connectivity index (χ3n) is 8.42. The second-order valence-corrected chi connectivity index (χ2v) is 13.0. The van der Waals surface area contributed by atoms with E-state index in [1.807, 2.05) is 25.1 Å². The lowest BCUT2D eigenvalue weighted by Crippen LogP contribution is -2.41. The number of anilines is 3. The number of carbonyl (C=O) groups is 1. The highest BCUT2D eigenvalue weighted by molar-refractivity contribution is 7.89. The molecule has 0 bridgehead atoms. The largest absolute Gasteiger partial charge is 0.462 e. The Morgan fingerprint density at radius 1 is 1.05 bits per heavy atom. The molecule has 3 heterocycles. The molecule has 11 heteroatoms. The maximum absolute atomic E-state index is 13.8. The molecule has 1 aliphatic carbocycles. The summed E-state index contributed by atoms with van der Waals surface area (Å²) in [5.74, 6) is -0.307. The van der Waals surface area contributed by atoms with Gasteiger partial charge < -0.3 is 29.4 Å². The van der Waals surface area contributed by atoms with Crippen LogP contribution in [0.3, 0.4) is 0 Å². The number of nitrogens with one attached hydrogen (secondary N) is 2. The number of furan rings is 1. The van der Waals surface area contributed by atoms with Crippen LogP contribution in [0.4, 0.5) is 17.1 Å². The smallest absolute Gasteiger partial charge is 0.257 e. The molecule has 1 saturated carbocycles. The van der Waals surface area contributed by atoms with Crippen LogP contribution in [-0.2, 0) is 14.8 Å². The predicted octanol–water partition coefficient (Wildman–Crippen LogP) is 3.56. The van der Waals surface area contributed by atoms with Gasteiger partial charge >= 0.3 is 0 Å². The van der Waals surface area contributed by atoms with E-state index in [-0.39, 0.29) is 30.1 Å². The van der Waals surface area contributed by atoms with E-state index in [0.717, 1.165) is 49.1 Å². The van der Waals surface area contributed by atoms with Crippen molar-refractivity contribution in [3.05, 3.63) is 48.2 Å². The first-order chi connectivity index (χ1) is 19.3. The molecule has 1 amide bonds. The van der Waals surface area contributed by atoms with Crippen LogP contribution in [0.1, 0.15) is 43.0 Å². The quantitative estimate of drug-likeness (QED) is 0.377. The van der Waals surface area contributed by atoms with Crippen LogP contribution in [0.2, 0.25) is 0 Å². The van der Waals surface area contributed by atoms with Crippen molar-refractivity contribution in [2.24, 2.45) is 5.41 Å². The predicted molar refractivity (Wildman–Crippen MR) is 154 cm³/mol. The molecule has 3 aromatic rings. The van der Waals surface area contributed by atoms with Crippen LogP contribution in [0.5, 0.6) is 0 Å². The van der Waals surface area contributed by atoms with Crippen LogP contribution < -0.4 is 19.8 Å². The van der Waals surface area contributed by atoms with E-state index in [1.54, 1.807) is 18.4 Å². The maximum Gasteiger partial charge on any atom is 0.257 e. The molecular formula is C29H36N4O6S. The van der Waals surface area contributed by atoms with E-state index in [1.165, 1.54) is 18.9 Å². The monoisotopic (exact) mass is 568 g/mol. The number of sulfonamides is 1. The first-order valence-corrected chi connectivity index (χ1v) is 15.4. The Labute approximate surface area is 234 Å². The topological polar surface area (TPSA) is 124 Å². The SMILES string of the molecule is C[C@@H]1CN(c2cc(NC(=O)c3ccc(S(=O)(=O)NCCO)cc3N3CCC4(CC3)CC4)cc3ccoc23)CCO1. The normalized spacial score (nSPS) is 20.7. The number of carbonyl (C=O) groups excluding carboxylic acids is 1. The van der Waals surface area contributed by atoms with Crippen molar-refractivity contribution in [3.63, 3.8) is 0 Å². The molecule has 2 aromatic carbocycles.